The molecule has 2 unspecified atom stereocenters. The highest BCUT2D eigenvalue weighted by Crippen LogP contribution is 2.32. The molecule has 0 radical (unpaired) electrons. The first-order valence-corrected chi connectivity index (χ1v) is 6.82. The molecular formula is C16H18FNO. The van der Waals surface area contributed by atoms with Gasteiger partial charge in [0.05, 0.1) is 6.26 Å². The van der Waals surface area contributed by atoms with Gasteiger partial charge in [-0.25, -0.2) is 4.39 Å². The number of halogens is 1. The van der Waals surface area contributed by atoms with E-state index in [1.807, 2.05) is 12.1 Å². The third kappa shape index (κ3) is 2.56. The van der Waals surface area contributed by atoms with Gasteiger partial charge in [-0.15, -0.1) is 0 Å². The summed E-state index contributed by atoms with van der Waals surface area (Å²) in [6.45, 7) is 2.11. The molecule has 1 aliphatic rings. The fraction of sp³-hybridized carbons (Fsp3) is 0.375. The van der Waals surface area contributed by atoms with Gasteiger partial charge in [-0.3, -0.25) is 0 Å². The van der Waals surface area contributed by atoms with Crippen molar-refractivity contribution in [1.29, 1.82) is 0 Å². The molecule has 100 valence electrons. The Bertz CT molecular complexity index is 546. The van der Waals surface area contributed by atoms with Crippen LogP contribution >= 0.6 is 0 Å². The molecular weight excluding hydrogens is 241 g/mol. The van der Waals surface area contributed by atoms with E-state index in [0.29, 0.717) is 6.04 Å². The molecule has 0 amide bonds. The highest BCUT2D eigenvalue weighted by molar-refractivity contribution is 5.26. The number of aryl methyl sites for hydroxylation is 1. The molecule has 0 saturated heterocycles. The lowest BCUT2D eigenvalue weighted by atomic mass is 9.92. The Kier molecular flexibility index (Phi) is 3.38. The first kappa shape index (κ1) is 12.4. The van der Waals surface area contributed by atoms with E-state index in [1.54, 1.807) is 6.26 Å². The zero-order valence-corrected chi connectivity index (χ0v) is 11.0. The number of hydrogen-bond acceptors (Lipinski definition) is 2. The lowest BCUT2D eigenvalue weighted by Gasteiger charge is -2.26. The third-order valence-electron chi connectivity index (χ3n) is 3.87. The number of nitrogens with one attached hydrogen (secondary N) is 1. The molecule has 0 spiro atoms. The number of hydrogen-bond donors (Lipinski definition) is 1. The maximum atomic E-state index is 12.9. The fourth-order valence-corrected chi connectivity index (χ4v) is 2.81. The van der Waals surface area contributed by atoms with Crippen molar-refractivity contribution < 1.29 is 8.81 Å². The van der Waals surface area contributed by atoms with E-state index < -0.39 is 0 Å². The van der Waals surface area contributed by atoms with Crippen LogP contribution in [0.3, 0.4) is 0 Å². The number of benzene rings is 1. The molecule has 0 aliphatic heterocycles. The Morgan fingerprint density at radius 3 is 2.84 bits per heavy atom. The second kappa shape index (κ2) is 5.17. The topological polar surface area (TPSA) is 25.2 Å². The van der Waals surface area contributed by atoms with Gasteiger partial charge in [0.15, 0.2) is 0 Å². The van der Waals surface area contributed by atoms with Crippen molar-refractivity contribution in [2.75, 3.05) is 0 Å². The SMILES string of the molecule is CC(NC1CCCc2occc21)c1ccc(F)cc1. The number of rotatable bonds is 3. The second-order valence-electron chi connectivity index (χ2n) is 5.18. The molecule has 19 heavy (non-hydrogen) atoms. The van der Waals surface area contributed by atoms with Crippen molar-refractivity contribution in [3.63, 3.8) is 0 Å². The quantitative estimate of drug-likeness (QED) is 0.895. The summed E-state index contributed by atoms with van der Waals surface area (Å²) in [6, 6.07) is 9.30. The van der Waals surface area contributed by atoms with Crippen LogP contribution in [0.25, 0.3) is 0 Å². The van der Waals surface area contributed by atoms with Gasteiger partial charge in [-0.1, -0.05) is 12.1 Å². The normalized spacial score (nSPS) is 20.0. The predicted molar refractivity (Wildman–Crippen MR) is 72.3 cm³/mol. The molecule has 0 fully saturated rings. The van der Waals surface area contributed by atoms with Crippen LogP contribution in [0.5, 0.6) is 0 Å². The van der Waals surface area contributed by atoms with Crippen molar-refractivity contribution in [3.05, 3.63) is 59.3 Å². The van der Waals surface area contributed by atoms with Crippen LogP contribution in [0.1, 0.15) is 48.7 Å². The second-order valence-corrected chi connectivity index (χ2v) is 5.18. The zero-order valence-electron chi connectivity index (χ0n) is 11.0. The Hall–Kier alpha value is -1.61. The van der Waals surface area contributed by atoms with Crippen LogP contribution < -0.4 is 5.32 Å². The summed E-state index contributed by atoms with van der Waals surface area (Å²) in [5.41, 5.74) is 2.39. The van der Waals surface area contributed by atoms with E-state index in [9.17, 15) is 4.39 Å². The number of fused-ring (bicyclic) bond motifs is 1. The molecule has 1 aromatic heterocycles. The first-order chi connectivity index (χ1) is 9.24. The summed E-state index contributed by atoms with van der Waals surface area (Å²) in [6.07, 6.45) is 5.07. The monoisotopic (exact) mass is 259 g/mol. The van der Waals surface area contributed by atoms with E-state index in [-0.39, 0.29) is 11.9 Å². The van der Waals surface area contributed by atoms with Crippen LogP contribution in [0, 0.1) is 5.82 Å². The maximum Gasteiger partial charge on any atom is 0.123 e. The molecule has 1 heterocycles. The van der Waals surface area contributed by atoms with Crippen molar-refractivity contribution in [2.24, 2.45) is 0 Å². The molecule has 3 rings (SSSR count). The molecule has 1 N–H and O–H groups in total. The Labute approximate surface area is 112 Å². The summed E-state index contributed by atoms with van der Waals surface area (Å²) in [4.78, 5) is 0. The van der Waals surface area contributed by atoms with Gasteiger partial charge in [0, 0.05) is 24.1 Å². The van der Waals surface area contributed by atoms with Crippen LogP contribution in [0.15, 0.2) is 41.0 Å². The molecule has 0 saturated carbocycles. The Morgan fingerprint density at radius 2 is 2.05 bits per heavy atom. The summed E-state index contributed by atoms with van der Waals surface area (Å²) in [5, 5.41) is 3.61. The van der Waals surface area contributed by atoms with Crippen molar-refractivity contribution in [2.45, 2.75) is 38.3 Å². The van der Waals surface area contributed by atoms with E-state index in [1.165, 1.54) is 17.7 Å². The lowest BCUT2D eigenvalue weighted by Crippen LogP contribution is -2.27. The van der Waals surface area contributed by atoms with Gasteiger partial charge in [-0.2, -0.15) is 0 Å². The van der Waals surface area contributed by atoms with Gasteiger partial charge in [0.25, 0.3) is 0 Å². The summed E-state index contributed by atoms with van der Waals surface area (Å²) in [5.74, 6) is 0.917. The summed E-state index contributed by atoms with van der Waals surface area (Å²) in [7, 11) is 0. The van der Waals surface area contributed by atoms with Crippen LogP contribution in [-0.2, 0) is 6.42 Å². The Balaban J connectivity index is 1.74. The van der Waals surface area contributed by atoms with E-state index in [4.69, 9.17) is 4.42 Å². The highest BCUT2D eigenvalue weighted by Gasteiger charge is 2.23. The van der Waals surface area contributed by atoms with Crippen molar-refractivity contribution >= 4 is 0 Å². The van der Waals surface area contributed by atoms with Gasteiger partial charge in [0.2, 0.25) is 0 Å². The van der Waals surface area contributed by atoms with Crippen molar-refractivity contribution in [1.82, 2.24) is 5.32 Å². The van der Waals surface area contributed by atoms with Gasteiger partial charge in [0.1, 0.15) is 11.6 Å². The molecule has 0 bridgehead atoms. The highest BCUT2D eigenvalue weighted by atomic mass is 19.1. The lowest BCUT2D eigenvalue weighted by molar-refractivity contribution is 0.385. The minimum absolute atomic E-state index is 0.189. The standard InChI is InChI=1S/C16H18FNO/c1-11(12-5-7-13(17)8-6-12)18-15-3-2-4-16-14(15)9-10-19-16/h5-11,15,18H,2-4H2,1H3. The maximum absolute atomic E-state index is 12.9. The van der Waals surface area contributed by atoms with Crippen LogP contribution in [0.2, 0.25) is 0 Å². The van der Waals surface area contributed by atoms with E-state index in [2.05, 4.69) is 18.3 Å². The van der Waals surface area contributed by atoms with E-state index >= 15 is 0 Å². The minimum Gasteiger partial charge on any atom is -0.469 e. The Morgan fingerprint density at radius 1 is 1.26 bits per heavy atom. The molecule has 3 heteroatoms. The predicted octanol–water partition coefficient (Wildman–Crippen LogP) is 4.15. The minimum atomic E-state index is -0.189. The summed E-state index contributed by atoms with van der Waals surface area (Å²) < 4.78 is 18.4. The number of furan rings is 1. The molecule has 2 nitrogen and oxygen atoms in total. The zero-order chi connectivity index (χ0) is 13.2. The fourth-order valence-electron chi connectivity index (χ4n) is 2.81. The largest absolute Gasteiger partial charge is 0.469 e. The van der Waals surface area contributed by atoms with Crippen molar-refractivity contribution in [3.8, 4) is 0 Å². The molecule has 1 aliphatic carbocycles. The molecule has 2 aromatic rings. The summed E-state index contributed by atoms with van der Waals surface area (Å²) >= 11 is 0. The average molecular weight is 259 g/mol. The van der Waals surface area contributed by atoms with Gasteiger partial charge >= 0.3 is 0 Å². The average Bonchev–Trinajstić information content (AvgIpc) is 2.89. The van der Waals surface area contributed by atoms with Gasteiger partial charge < -0.3 is 9.73 Å². The molecule has 1 aromatic carbocycles. The van der Waals surface area contributed by atoms with Crippen LogP contribution in [0.4, 0.5) is 4.39 Å². The third-order valence-corrected chi connectivity index (χ3v) is 3.87. The van der Waals surface area contributed by atoms with Crippen LogP contribution in [-0.4, -0.2) is 0 Å². The van der Waals surface area contributed by atoms with Gasteiger partial charge in [-0.05, 0) is 43.5 Å². The van der Waals surface area contributed by atoms with E-state index in [0.717, 1.165) is 30.6 Å². The smallest absolute Gasteiger partial charge is 0.123 e. The molecule has 2 atom stereocenters. The first-order valence-electron chi connectivity index (χ1n) is 6.82.